The van der Waals surface area contributed by atoms with Gasteiger partial charge in [-0.2, -0.15) is 0 Å². The van der Waals surface area contributed by atoms with E-state index in [0.29, 0.717) is 11.4 Å². The number of hydrogen-bond donors (Lipinski definition) is 2. The van der Waals surface area contributed by atoms with Gasteiger partial charge >= 0.3 is 0 Å². The second-order valence-corrected chi connectivity index (χ2v) is 8.61. The molecule has 0 unspecified atom stereocenters. The van der Waals surface area contributed by atoms with E-state index in [0.717, 1.165) is 40.8 Å². The SMILES string of the molecule is CCCn1c(C)c([C@@H](C)[C@H]2NC(=O)[C@@H](Cc3ccccn3)NC2=O)c2cc(Cl)ccc21. The zero-order chi connectivity index (χ0) is 22.1. The molecule has 162 valence electrons. The summed E-state index contributed by atoms with van der Waals surface area (Å²) in [6, 6.07) is 10.1. The lowest BCUT2D eigenvalue weighted by Gasteiger charge is -2.33. The van der Waals surface area contributed by atoms with Crippen LogP contribution in [0.25, 0.3) is 10.9 Å². The van der Waals surface area contributed by atoms with Crippen LogP contribution >= 0.6 is 11.6 Å². The van der Waals surface area contributed by atoms with E-state index in [9.17, 15) is 9.59 Å². The summed E-state index contributed by atoms with van der Waals surface area (Å²) in [5.74, 6) is -0.570. The van der Waals surface area contributed by atoms with Gasteiger partial charge in [-0.1, -0.05) is 31.5 Å². The Labute approximate surface area is 187 Å². The van der Waals surface area contributed by atoms with Crippen molar-refractivity contribution in [2.24, 2.45) is 0 Å². The number of carbonyl (C=O) groups excluding carboxylic acids is 2. The Morgan fingerprint density at radius 1 is 1.16 bits per heavy atom. The zero-order valence-corrected chi connectivity index (χ0v) is 18.7. The van der Waals surface area contributed by atoms with Crippen molar-refractivity contribution in [1.29, 1.82) is 0 Å². The average molecular weight is 439 g/mol. The molecule has 1 aliphatic rings. The standard InChI is InChI=1S/C24H27ClN4O2/c1-4-11-29-15(3)21(18-12-16(25)8-9-20(18)29)14(2)22-24(31)27-19(23(30)28-22)13-17-7-5-6-10-26-17/h5-10,12,14,19,22H,4,11,13H2,1-3H3,(H,27,31)(H,28,30)/t14-,19-,22-/m1/s1. The molecule has 0 saturated carbocycles. The van der Waals surface area contributed by atoms with Crippen LogP contribution in [-0.2, 0) is 22.6 Å². The number of benzene rings is 1. The number of halogens is 1. The first kappa shape index (κ1) is 21.4. The van der Waals surface area contributed by atoms with Gasteiger partial charge in [0, 0.05) is 52.4 Å². The van der Waals surface area contributed by atoms with Gasteiger partial charge < -0.3 is 15.2 Å². The Bertz CT molecular complexity index is 1130. The monoisotopic (exact) mass is 438 g/mol. The number of amides is 2. The van der Waals surface area contributed by atoms with Crippen molar-refractivity contribution in [1.82, 2.24) is 20.2 Å². The fourth-order valence-corrected chi connectivity index (χ4v) is 4.78. The third kappa shape index (κ3) is 4.04. The molecule has 0 aliphatic carbocycles. The average Bonchev–Trinajstić information content (AvgIpc) is 3.01. The molecular formula is C24H27ClN4O2. The molecule has 0 spiro atoms. The van der Waals surface area contributed by atoms with Crippen LogP contribution in [0, 0.1) is 6.92 Å². The highest BCUT2D eigenvalue weighted by molar-refractivity contribution is 6.31. The van der Waals surface area contributed by atoms with Gasteiger partial charge in [-0.25, -0.2) is 0 Å². The maximum Gasteiger partial charge on any atom is 0.243 e. The highest BCUT2D eigenvalue weighted by Gasteiger charge is 2.38. The van der Waals surface area contributed by atoms with E-state index in [-0.39, 0.29) is 17.7 Å². The van der Waals surface area contributed by atoms with Crippen LogP contribution in [-0.4, -0.2) is 33.4 Å². The molecule has 1 fully saturated rings. The van der Waals surface area contributed by atoms with Gasteiger partial charge in [0.25, 0.3) is 0 Å². The highest BCUT2D eigenvalue weighted by atomic mass is 35.5. The largest absolute Gasteiger partial charge is 0.345 e. The summed E-state index contributed by atoms with van der Waals surface area (Å²) in [6.07, 6.45) is 3.05. The first-order valence-corrected chi connectivity index (χ1v) is 11.1. The Kier molecular flexibility index (Phi) is 6.01. The summed E-state index contributed by atoms with van der Waals surface area (Å²) in [6.45, 7) is 7.08. The summed E-state index contributed by atoms with van der Waals surface area (Å²) < 4.78 is 2.27. The van der Waals surface area contributed by atoms with Gasteiger partial charge in [-0.05, 0) is 49.2 Å². The van der Waals surface area contributed by atoms with Gasteiger partial charge in [0.1, 0.15) is 12.1 Å². The molecule has 1 aliphatic heterocycles. The van der Waals surface area contributed by atoms with Gasteiger partial charge in [0.2, 0.25) is 11.8 Å². The molecule has 3 aromatic rings. The summed E-state index contributed by atoms with van der Waals surface area (Å²) in [5.41, 5.74) is 4.02. The number of rotatable bonds is 6. The first-order valence-electron chi connectivity index (χ1n) is 10.7. The van der Waals surface area contributed by atoms with Crippen LogP contribution < -0.4 is 10.6 Å². The minimum Gasteiger partial charge on any atom is -0.345 e. The number of fused-ring (bicyclic) bond motifs is 1. The quantitative estimate of drug-likeness (QED) is 0.615. The maximum absolute atomic E-state index is 13.0. The molecule has 31 heavy (non-hydrogen) atoms. The van der Waals surface area contributed by atoms with Crippen molar-refractivity contribution in [2.45, 2.75) is 58.2 Å². The van der Waals surface area contributed by atoms with Crippen LogP contribution in [0.2, 0.25) is 5.02 Å². The number of aromatic nitrogens is 2. The molecule has 6 nitrogen and oxygen atoms in total. The Morgan fingerprint density at radius 3 is 2.68 bits per heavy atom. The van der Waals surface area contributed by atoms with Gasteiger partial charge in [0.05, 0.1) is 0 Å². The molecule has 1 aromatic carbocycles. The minimum atomic E-state index is -0.647. The van der Waals surface area contributed by atoms with E-state index in [1.807, 2.05) is 43.3 Å². The maximum atomic E-state index is 13.0. The van der Waals surface area contributed by atoms with Crippen molar-refractivity contribution < 1.29 is 9.59 Å². The van der Waals surface area contributed by atoms with Crippen LogP contribution in [0.1, 0.15) is 43.1 Å². The molecule has 0 bridgehead atoms. The predicted molar refractivity (Wildman–Crippen MR) is 122 cm³/mol. The molecule has 2 amide bonds. The van der Waals surface area contributed by atoms with Crippen molar-refractivity contribution in [3.8, 4) is 0 Å². The lowest BCUT2D eigenvalue weighted by Crippen LogP contribution is -2.63. The summed E-state index contributed by atoms with van der Waals surface area (Å²) in [4.78, 5) is 30.1. The molecule has 1 saturated heterocycles. The zero-order valence-electron chi connectivity index (χ0n) is 18.0. The Morgan fingerprint density at radius 2 is 1.97 bits per heavy atom. The van der Waals surface area contributed by atoms with Crippen LogP contribution in [0.3, 0.4) is 0 Å². The first-order chi connectivity index (χ1) is 14.9. The molecule has 4 rings (SSSR count). The smallest absolute Gasteiger partial charge is 0.243 e. The van der Waals surface area contributed by atoms with Crippen molar-refractivity contribution >= 4 is 34.3 Å². The molecule has 7 heteroatoms. The third-order valence-corrected chi connectivity index (χ3v) is 6.32. The van der Waals surface area contributed by atoms with E-state index < -0.39 is 12.1 Å². The third-order valence-electron chi connectivity index (χ3n) is 6.09. The van der Waals surface area contributed by atoms with Crippen molar-refractivity contribution in [3.63, 3.8) is 0 Å². The molecule has 2 N–H and O–H groups in total. The second-order valence-electron chi connectivity index (χ2n) is 8.17. The fourth-order valence-electron chi connectivity index (χ4n) is 4.60. The molecular weight excluding hydrogens is 412 g/mol. The Hall–Kier alpha value is -2.86. The van der Waals surface area contributed by atoms with Gasteiger partial charge in [-0.3, -0.25) is 14.6 Å². The minimum absolute atomic E-state index is 0.175. The predicted octanol–water partition coefficient (Wildman–Crippen LogP) is 3.74. The van der Waals surface area contributed by atoms with E-state index in [2.05, 4.69) is 34.0 Å². The number of nitrogens with one attached hydrogen (secondary N) is 2. The Balaban J connectivity index is 1.63. The highest BCUT2D eigenvalue weighted by Crippen LogP contribution is 2.35. The summed E-state index contributed by atoms with van der Waals surface area (Å²) >= 11 is 6.30. The van der Waals surface area contributed by atoms with Crippen LogP contribution in [0.4, 0.5) is 0 Å². The fraction of sp³-hybridized carbons (Fsp3) is 0.375. The van der Waals surface area contributed by atoms with E-state index in [1.165, 1.54) is 0 Å². The summed E-state index contributed by atoms with van der Waals surface area (Å²) in [5, 5.41) is 7.55. The second kappa shape index (κ2) is 8.71. The van der Waals surface area contributed by atoms with Gasteiger partial charge in [-0.15, -0.1) is 0 Å². The molecule has 3 atom stereocenters. The van der Waals surface area contributed by atoms with Gasteiger partial charge in [0.15, 0.2) is 0 Å². The molecule has 0 radical (unpaired) electrons. The topological polar surface area (TPSA) is 76.0 Å². The van der Waals surface area contributed by atoms with E-state index >= 15 is 0 Å². The lowest BCUT2D eigenvalue weighted by molar-refractivity contribution is -0.137. The van der Waals surface area contributed by atoms with E-state index in [1.54, 1.807) is 6.20 Å². The number of nitrogens with zero attached hydrogens (tertiary/aromatic N) is 2. The number of aryl methyl sites for hydroxylation is 1. The summed E-state index contributed by atoms with van der Waals surface area (Å²) in [7, 11) is 0. The van der Waals surface area contributed by atoms with Crippen LogP contribution in [0.15, 0.2) is 42.6 Å². The number of pyridine rings is 1. The van der Waals surface area contributed by atoms with Crippen molar-refractivity contribution in [3.05, 3.63) is 64.6 Å². The molecule has 2 aromatic heterocycles. The van der Waals surface area contributed by atoms with E-state index in [4.69, 9.17) is 11.6 Å². The lowest BCUT2D eigenvalue weighted by atomic mass is 9.88. The van der Waals surface area contributed by atoms with Crippen LogP contribution in [0.5, 0.6) is 0 Å². The number of piperazine rings is 1. The number of carbonyl (C=O) groups is 2. The number of hydrogen-bond acceptors (Lipinski definition) is 3. The van der Waals surface area contributed by atoms with Crippen molar-refractivity contribution in [2.75, 3.05) is 0 Å². The molecule has 3 heterocycles. The normalized spacial score (nSPS) is 19.9.